The van der Waals surface area contributed by atoms with Gasteiger partial charge in [-0.15, -0.1) is 0 Å². The van der Waals surface area contributed by atoms with Gasteiger partial charge in [0.25, 0.3) is 16.0 Å². The number of likely N-dealkylation sites (tertiary alicyclic amines) is 1. The van der Waals surface area contributed by atoms with Gasteiger partial charge in [0.2, 0.25) is 0 Å². The standard InChI is InChI=1S/C22H25Cl2NO4S/c1-30(27,28)29-14-6-12-22(18-9-10-19(23)20(24)15-18)11-5-13-25(16-22)21(26)17-7-3-2-4-8-17/h2-4,7-10,15H,5-6,11-14,16H2,1H3/t22-/m1/s1. The van der Waals surface area contributed by atoms with Gasteiger partial charge in [-0.05, 0) is 55.5 Å². The second-order valence-electron chi connectivity index (χ2n) is 7.74. The number of benzene rings is 2. The number of hydrogen-bond acceptors (Lipinski definition) is 4. The van der Waals surface area contributed by atoms with Crippen molar-refractivity contribution in [2.75, 3.05) is 26.0 Å². The summed E-state index contributed by atoms with van der Waals surface area (Å²) in [5.41, 5.74) is 1.31. The largest absolute Gasteiger partial charge is 0.338 e. The van der Waals surface area contributed by atoms with Crippen molar-refractivity contribution in [1.82, 2.24) is 4.90 Å². The predicted molar refractivity (Wildman–Crippen MR) is 120 cm³/mol. The number of hydrogen-bond donors (Lipinski definition) is 0. The van der Waals surface area contributed by atoms with Gasteiger partial charge in [0.1, 0.15) is 0 Å². The smallest absolute Gasteiger partial charge is 0.264 e. The van der Waals surface area contributed by atoms with E-state index in [4.69, 9.17) is 27.4 Å². The summed E-state index contributed by atoms with van der Waals surface area (Å²) >= 11 is 12.4. The van der Waals surface area contributed by atoms with E-state index in [2.05, 4.69) is 0 Å². The molecule has 1 fully saturated rings. The molecule has 8 heteroatoms. The Hall–Kier alpha value is -1.60. The minimum atomic E-state index is -3.49. The maximum Gasteiger partial charge on any atom is 0.264 e. The molecule has 162 valence electrons. The molecule has 1 amide bonds. The van der Waals surface area contributed by atoms with Crippen molar-refractivity contribution in [3.8, 4) is 0 Å². The molecule has 0 N–H and O–H groups in total. The molecule has 1 aliphatic heterocycles. The Kier molecular flexibility index (Phi) is 7.45. The SMILES string of the molecule is CS(=O)(=O)OCCC[C@]1(c2ccc(Cl)c(Cl)c2)CCCN(C(=O)c2ccccc2)C1. The molecular formula is C22H25Cl2NO4S. The topological polar surface area (TPSA) is 63.7 Å². The van der Waals surface area contributed by atoms with Gasteiger partial charge in [-0.2, -0.15) is 8.42 Å². The second kappa shape index (κ2) is 9.69. The summed E-state index contributed by atoms with van der Waals surface area (Å²) in [5, 5.41) is 0.941. The lowest BCUT2D eigenvalue weighted by Crippen LogP contribution is -2.48. The maximum atomic E-state index is 13.1. The number of nitrogens with zero attached hydrogens (tertiary/aromatic N) is 1. The van der Waals surface area contributed by atoms with E-state index in [9.17, 15) is 13.2 Å². The van der Waals surface area contributed by atoms with E-state index in [1.165, 1.54) is 0 Å². The molecule has 3 rings (SSSR count). The van der Waals surface area contributed by atoms with E-state index in [0.29, 0.717) is 41.5 Å². The first kappa shape index (κ1) is 23.1. The van der Waals surface area contributed by atoms with Crippen LogP contribution in [0.15, 0.2) is 48.5 Å². The highest BCUT2D eigenvalue weighted by molar-refractivity contribution is 7.85. The molecule has 0 saturated carbocycles. The number of amides is 1. The number of piperidine rings is 1. The molecule has 1 atom stereocenters. The van der Waals surface area contributed by atoms with Crippen LogP contribution >= 0.6 is 23.2 Å². The summed E-state index contributed by atoms with van der Waals surface area (Å²) in [4.78, 5) is 14.9. The van der Waals surface area contributed by atoms with Crippen LogP contribution in [0.5, 0.6) is 0 Å². The third-order valence-corrected chi connectivity index (χ3v) is 6.85. The lowest BCUT2D eigenvalue weighted by atomic mass is 9.71. The molecule has 0 aliphatic carbocycles. The van der Waals surface area contributed by atoms with Crippen LogP contribution in [0, 0.1) is 0 Å². The fraction of sp³-hybridized carbons (Fsp3) is 0.409. The zero-order valence-electron chi connectivity index (χ0n) is 16.8. The molecule has 1 heterocycles. The maximum absolute atomic E-state index is 13.1. The Morgan fingerprint density at radius 1 is 1.13 bits per heavy atom. The first-order chi connectivity index (χ1) is 14.2. The molecule has 0 unspecified atom stereocenters. The molecule has 0 bridgehead atoms. The Morgan fingerprint density at radius 2 is 1.87 bits per heavy atom. The number of carbonyl (C=O) groups is 1. The third kappa shape index (κ3) is 5.76. The number of carbonyl (C=O) groups excluding carboxylic acids is 1. The monoisotopic (exact) mass is 469 g/mol. The van der Waals surface area contributed by atoms with Gasteiger partial charge < -0.3 is 4.90 Å². The Morgan fingerprint density at radius 3 is 2.53 bits per heavy atom. The average molecular weight is 470 g/mol. The minimum Gasteiger partial charge on any atom is -0.338 e. The number of halogens is 2. The molecule has 1 aliphatic rings. The molecule has 0 radical (unpaired) electrons. The van der Waals surface area contributed by atoms with Gasteiger partial charge in [-0.1, -0.05) is 47.5 Å². The zero-order valence-corrected chi connectivity index (χ0v) is 19.1. The summed E-state index contributed by atoms with van der Waals surface area (Å²) in [6.07, 6.45) is 3.95. The van der Waals surface area contributed by atoms with E-state index in [0.717, 1.165) is 24.7 Å². The van der Waals surface area contributed by atoms with Crippen LogP contribution in [0.25, 0.3) is 0 Å². The minimum absolute atomic E-state index is 0.00729. The number of rotatable bonds is 7. The fourth-order valence-corrected chi connectivity index (χ4v) is 4.82. The predicted octanol–water partition coefficient (Wildman–Crippen LogP) is 4.92. The summed E-state index contributed by atoms with van der Waals surface area (Å²) in [6.45, 7) is 1.31. The van der Waals surface area contributed by atoms with Crippen LogP contribution in [0.3, 0.4) is 0 Å². The Balaban J connectivity index is 1.86. The van der Waals surface area contributed by atoms with Crippen LogP contribution < -0.4 is 0 Å². The van der Waals surface area contributed by atoms with Gasteiger partial charge in [-0.3, -0.25) is 8.98 Å². The molecule has 0 spiro atoms. The van der Waals surface area contributed by atoms with Crippen LogP contribution in [-0.4, -0.2) is 45.2 Å². The van der Waals surface area contributed by atoms with Crippen LogP contribution in [-0.2, 0) is 19.7 Å². The lowest BCUT2D eigenvalue weighted by Gasteiger charge is -2.44. The van der Waals surface area contributed by atoms with E-state index in [1.807, 2.05) is 47.4 Å². The van der Waals surface area contributed by atoms with Gasteiger partial charge >= 0.3 is 0 Å². The summed E-state index contributed by atoms with van der Waals surface area (Å²) in [7, 11) is -3.49. The molecule has 5 nitrogen and oxygen atoms in total. The summed E-state index contributed by atoms with van der Waals surface area (Å²) in [5.74, 6) is -0.00729. The summed E-state index contributed by atoms with van der Waals surface area (Å²) in [6, 6.07) is 14.8. The van der Waals surface area contributed by atoms with Crippen LogP contribution in [0.4, 0.5) is 0 Å². The molecule has 2 aromatic carbocycles. The van der Waals surface area contributed by atoms with Crippen molar-refractivity contribution < 1.29 is 17.4 Å². The molecular weight excluding hydrogens is 445 g/mol. The van der Waals surface area contributed by atoms with Gasteiger partial charge in [0.15, 0.2) is 0 Å². The lowest BCUT2D eigenvalue weighted by molar-refractivity contribution is 0.0620. The van der Waals surface area contributed by atoms with Crippen molar-refractivity contribution >= 4 is 39.2 Å². The fourth-order valence-electron chi connectivity index (χ4n) is 4.10. The van der Waals surface area contributed by atoms with E-state index >= 15 is 0 Å². The normalized spacial score (nSPS) is 19.6. The van der Waals surface area contributed by atoms with Crippen LogP contribution in [0.1, 0.15) is 41.6 Å². The highest BCUT2D eigenvalue weighted by Gasteiger charge is 2.38. The first-order valence-corrected chi connectivity index (χ1v) is 12.4. The van der Waals surface area contributed by atoms with E-state index in [1.54, 1.807) is 6.07 Å². The van der Waals surface area contributed by atoms with Crippen molar-refractivity contribution in [3.63, 3.8) is 0 Å². The van der Waals surface area contributed by atoms with Crippen LogP contribution in [0.2, 0.25) is 10.0 Å². The van der Waals surface area contributed by atoms with E-state index < -0.39 is 10.1 Å². The Labute approximate surface area is 188 Å². The molecule has 1 saturated heterocycles. The quantitative estimate of drug-likeness (QED) is 0.426. The zero-order chi connectivity index (χ0) is 21.8. The highest BCUT2D eigenvalue weighted by Crippen LogP contribution is 2.40. The second-order valence-corrected chi connectivity index (χ2v) is 10.2. The van der Waals surface area contributed by atoms with Gasteiger partial charge in [0, 0.05) is 24.1 Å². The van der Waals surface area contributed by atoms with Gasteiger partial charge in [-0.25, -0.2) is 0 Å². The van der Waals surface area contributed by atoms with Crippen molar-refractivity contribution in [1.29, 1.82) is 0 Å². The summed E-state index contributed by atoms with van der Waals surface area (Å²) < 4.78 is 27.5. The molecule has 30 heavy (non-hydrogen) atoms. The van der Waals surface area contributed by atoms with Crippen molar-refractivity contribution in [2.45, 2.75) is 31.1 Å². The van der Waals surface area contributed by atoms with Gasteiger partial charge in [0.05, 0.1) is 22.9 Å². The van der Waals surface area contributed by atoms with Crippen molar-refractivity contribution in [3.05, 3.63) is 69.7 Å². The van der Waals surface area contributed by atoms with Crippen molar-refractivity contribution in [2.24, 2.45) is 0 Å². The third-order valence-electron chi connectivity index (χ3n) is 5.51. The van der Waals surface area contributed by atoms with E-state index in [-0.39, 0.29) is 17.9 Å². The average Bonchev–Trinajstić information content (AvgIpc) is 2.73. The first-order valence-electron chi connectivity index (χ1n) is 9.84. The highest BCUT2D eigenvalue weighted by atomic mass is 35.5. The Bertz CT molecular complexity index is 997. The molecule has 2 aromatic rings. The molecule has 0 aromatic heterocycles.